The van der Waals surface area contributed by atoms with Crippen molar-refractivity contribution in [3.63, 3.8) is 0 Å². The fourth-order valence-corrected chi connectivity index (χ4v) is 3.78. The molecule has 3 saturated heterocycles. The Bertz CT molecular complexity index is 620. The second-order valence-electron chi connectivity index (χ2n) is 7.32. The third kappa shape index (κ3) is 5.01. The first-order valence-corrected chi connectivity index (χ1v) is 10.00. The molecule has 3 fully saturated rings. The third-order valence-corrected chi connectivity index (χ3v) is 5.40. The highest BCUT2D eigenvalue weighted by molar-refractivity contribution is 5.79. The highest BCUT2D eigenvalue weighted by Gasteiger charge is 2.33. The van der Waals surface area contributed by atoms with Crippen LogP contribution in [-0.2, 0) is 23.7 Å². The Morgan fingerprint density at radius 2 is 1.89 bits per heavy atom. The zero-order valence-electron chi connectivity index (χ0n) is 16.2. The van der Waals surface area contributed by atoms with Crippen molar-refractivity contribution in [1.29, 1.82) is 0 Å². The summed E-state index contributed by atoms with van der Waals surface area (Å²) >= 11 is 0. The number of benzene rings is 1. The molecule has 0 saturated carbocycles. The molecule has 0 aliphatic carbocycles. The van der Waals surface area contributed by atoms with Crippen LogP contribution in [0.3, 0.4) is 0 Å². The average Bonchev–Trinajstić information content (AvgIpc) is 3.27. The minimum atomic E-state index is -0.299. The predicted octanol–water partition coefficient (Wildman–Crippen LogP) is 0.383. The van der Waals surface area contributed by atoms with Gasteiger partial charge in [0.25, 0.3) is 0 Å². The Labute approximate surface area is 165 Å². The van der Waals surface area contributed by atoms with Crippen LogP contribution in [0.4, 0.5) is 5.69 Å². The first kappa shape index (κ1) is 19.6. The van der Waals surface area contributed by atoms with Crippen LogP contribution in [0.25, 0.3) is 0 Å². The minimum Gasteiger partial charge on any atom is -0.379 e. The van der Waals surface area contributed by atoms with Gasteiger partial charge in [0.05, 0.1) is 39.5 Å². The summed E-state index contributed by atoms with van der Waals surface area (Å²) < 4.78 is 22.3. The largest absolute Gasteiger partial charge is 0.379 e. The maximum Gasteiger partial charge on any atom is 0.238 e. The maximum absolute atomic E-state index is 13.0. The van der Waals surface area contributed by atoms with Crippen LogP contribution in [0.2, 0.25) is 0 Å². The summed E-state index contributed by atoms with van der Waals surface area (Å²) in [5.74, 6) is 0.114. The summed E-state index contributed by atoms with van der Waals surface area (Å²) in [6, 6.07) is 10.3. The molecular formula is C20H29N3O5. The van der Waals surface area contributed by atoms with E-state index in [0.717, 1.165) is 25.3 Å². The van der Waals surface area contributed by atoms with E-state index >= 15 is 0 Å². The van der Waals surface area contributed by atoms with Gasteiger partial charge in [0.2, 0.25) is 5.91 Å². The zero-order chi connectivity index (χ0) is 19.2. The fourth-order valence-electron chi connectivity index (χ4n) is 3.78. The van der Waals surface area contributed by atoms with Crippen molar-refractivity contribution in [2.24, 2.45) is 0 Å². The van der Waals surface area contributed by atoms with Crippen molar-refractivity contribution in [2.75, 3.05) is 77.4 Å². The van der Waals surface area contributed by atoms with E-state index in [1.165, 1.54) is 0 Å². The van der Waals surface area contributed by atoms with Crippen molar-refractivity contribution in [1.82, 2.24) is 9.80 Å². The highest BCUT2D eigenvalue weighted by atomic mass is 16.7. The van der Waals surface area contributed by atoms with Crippen molar-refractivity contribution in [3.8, 4) is 0 Å². The monoisotopic (exact) mass is 391 g/mol. The van der Waals surface area contributed by atoms with Gasteiger partial charge in [-0.3, -0.25) is 9.69 Å². The number of nitrogens with zero attached hydrogens (tertiary/aromatic N) is 3. The highest BCUT2D eigenvalue weighted by Crippen LogP contribution is 2.20. The number of hydrogen-bond acceptors (Lipinski definition) is 7. The SMILES string of the molecule is O=C(CN1CCOCC1)N1CCN(c2ccccc2)CC1OCC1COCO1. The van der Waals surface area contributed by atoms with Crippen molar-refractivity contribution >= 4 is 11.6 Å². The number of para-hydroxylation sites is 1. The number of ether oxygens (including phenoxy) is 4. The van der Waals surface area contributed by atoms with Crippen LogP contribution in [0.15, 0.2) is 30.3 Å². The summed E-state index contributed by atoms with van der Waals surface area (Å²) in [5, 5.41) is 0. The van der Waals surface area contributed by atoms with Gasteiger partial charge in [0.15, 0.2) is 0 Å². The fraction of sp³-hybridized carbons (Fsp3) is 0.650. The molecule has 2 unspecified atom stereocenters. The van der Waals surface area contributed by atoms with E-state index in [1.807, 2.05) is 23.1 Å². The number of hydrogen-bond donors (Lipinski definition) is 0. The molecule has 4 rings (SSSR count). The van der Waals surface area contributed by atoms with E-state index in [9.17, 15) is 4.79 Å². The Balaban J connectivity index is 1.40. The van der Waals surface area contributed by atoms with E-state index in [-0.39, 0.29) is 18.2 Å². The van der Waals surface area contributed by atoms with Gasteiger partial charge in [0.1, 0.15) is 19.1 Å². The second-order valence-corrected chi connectivity index (χ2v) is 7.32. The molecule has 0 N–H and O–H groups in total. The van der Waals surface area contributed by atoms with Crippen molar-refractivity contribution in [3.05, 3.63) is 30.3 Å². The molecule has 1 aromatic carbocycles. The Morgan fingerprint density at radius 1 is 1.07 bits per heavy atom. The van der Waals surface area contributed by atoms with Gasteiger partial charge in [0, 0.05) is 31.9 Å². The molecule has 0 aromatic heterocycles. The molecule has 28 heavy (non-hydrogen) atoms. The van der Waals surface area contributed by atoms with Crippen molar-refractivity contribution < 1.29 is 23.7 Å². The molecule has 3 aliphatic rings. The summed E-state index contributed by atoms with van der Waals surface area (Å²) in [6.45, 7) is 6.75. The van der Waals surface area contributed by atoms with Crippen molar-refractivity contribution in [2.45, 2.75) is 12.3 Å². The molecule has 8 heteroatoms. The summed E-state index contributed by atoms with van der Waals surface area (Å²) in [6.07, 6.45) is -0.366. The number of anilines is 1. The number of morpholine rings is 1. The molecule has 3 aliphatic heterocycles. The van der Waals surface area contributed by atoms with Crippen LogP contribution in [0, 0.1) is 0 Å². The molecular weight excluding hydrogens is 362 g/mol. The first-order valence-electron chi connectivity index (χ1n) is 10.00. The van der Waals surface area contributed by atoms with E-state index in [4.69, 9.17) is 18.9 Å². The lowest BCUT2D eigenvalue weighted by atomic mass is 10.2. The van der Waals surface area contributed by atoms with E-state index < -0.39 is 0 Å². The van der Waals surface area contributed by atoms with Crippen LogP contribution in [0.5, 0.6) is 0 Å². The second kappa shape index (κ2) is 9.67. The van der Waals surface area contributed by atoms with Crippen LogP contribution >= 0.6 is 0 Å². The molecule has 0 spiro atoms. The van der Waals surface area contributed by atoms with E-state index in [2.05, 4.69) is 21.9 Å². The minimum absolute atomic E-state index is 0.0664. The van der Waals surface area contributed by atoms with Gasteiger partial charge >= 0.3 is 0 Å². The number of amides is 1. The topological polar surface area (TPSA) is 63.7 Å². The summed E-state index contributed by atoms with van der Waals surface area (Å²) in [7, 11) is 0. The summed E-state index contributed by atoms with van der Waals surface area (Å²) in [5.41, 5.74) is 1.15. The van der Waals surface area contributed by atoms with Gasteiger partial charge in [-0.2, -0.15) is 0 Å². The summed E-state index contributed by atoms with van der Waals surface area (Å²) in [4.78, 5) is 19.3. The van der Waals surface area contributed by atoms with Gasteiger partial charge in [-0.05, 0) is 12.1 Å². The van der Waals surface area contributed by atoms with Gasteiger partial charge in [-0.15, -0.1) is 0 Å². The van der Waals surface area contributed by atoms with Gasteiger partial charge in [-0.1, -0.05) is 18.2 Å². The number of rotatable bonds is 6. The predicted molar refractivity (Wildman–Crippen MR) is 103 cm³/mol. The molecule has 1 aromatic rings. The standard InChI is InChI=1S/C20H29N3O5/c24-19(12-21-8-10-25-11-9-21)23-7-6-22(17-4-2-1-3-5-17)13-20(23)27-15-18-14-26-16-28-18/h1-5,18,20H,6-16H2. The number of carbonyl (C=O) groups is 1. The molecule has 8 nitrogen and oxygen atoms in total. The quantitative estimate of drug-likeness (QED) is 0.695. The number of carbonyl (C=O) groups excluding carboxylic acids is 1. The lowest BCUT2D eigenvalue weighted by Crippen LogP contribution is -2.59. The molecule has 0 bridgehead atoms. The smallest absolute Gasteiger partial charge is 0.238 e. The van der Waals surface area contributed by atoms with Crippen LogP contribution in [0.1, 0.15) is 0 Å². The lowest BCUT2D eigenvalue weighted by molar-refractivity contribution is -0.152. The Hall–Kier alpha value is -1.71. The van der Waals surface area contributed by atoms with Gasteiger partial charge in [-0.25, -0.2) is 0 Å². The zero-order valence-corrected chi connectivity index (χ0v) is 16.2. The maximum atomic E-state index is 13.0. The average molecular weight is 391 g/mol. The Morgan fingerprint density at radius 3 is 2.64 bits per heavy atom. The molecule has 2 atom stereocenters. The van der Waals surface area contributed by atoms with E-state index in [0.29, 0.717) is 52.9 Å². The molecule has 3 heterocycles. The first-order chi connectivity index (χ1) is 13.8. The molecule has 1 amide bonds. The Kier molecular flexibility index (Phi) is 6.77. The van der Waals surface area contributed by atoms with Crippen LogP contribution in [-0.4, -0.2) is 101 Å². The third-order valence-electron chi connectivity index (χ3n) is 5.40. The van der Waals surface area contributed by atoms with Crippen LogP contribution < -0.4 is 4.90 Å². The lowest BCUT2D eigenvalue weighted by Gasteiger charge is -2.43. The normalized spacial score (nSPS) is 26.6. The van der Waals surface area contributed by atoms with Gasteiger partial charge < -0.3 is 28.7 Å². The van der Waals surface area contributed by atoms with E-state index in [1.54, 1.807) is 0 Å². The molecule has 154 valence electrons. The number of piperazine rings is 1. The molecule has 0 radical (unpaired) electrons.